The smallest absolute Gasteiger partial charge is 0.0835 e. The van der Waals surface area contributed by atoms with Crippen molar-refractivity contribution in [2.75, 3.05) is 5.33 Å². The van der Waals surface area contributed by atoms with E-state index >= 15 is 0 Å². The summed E-state index contributed by atoms with van der Waals surface area (Å²) in [5, 5.41) is 10.3. The van der Waals surface area contributed by atoms with Crippen LogP contribution in [0.1, 0.15) is 11.3 Å². The molecule has 0 saturated heterocycles. The van der Waals surface area contributed by atoms with E-state index in [1.807, 2.05) is 12.3 Å². The minimum Gasteiger partial charge on any atom is -0.248 e. The molecule has 0 atom stereocenters. The van der Waals surface area contributed by atoms with Crippen LogP contribution in [-0.2, 0) is 13.0 Å². The third-order valence-electron chi connectivity index (χ3n) is 2.28. The molecule has 2 rings (SSSR count). The Balaban J connectivity index is 2.16. The van der Waals surface area contributed by atoms with Crippen molar-refractivity contribution in [1.29, 1.82) is 0 Å². The van der Waals surface area contributed by atoms with Crippen molar-refractivity contribution < 1.29 is 0 Å². The van der Waals surface area contributed by atoms with Crippen LogP contribution in [-0.4, -0.2) is 20.3 Å². The first kappa shape index (κ1) is 12.9. The van der Waals surface area contributed by atoms with Gasteiger partial charge in [-0.15, -0.1) is 5.10 Å². The zero-order valence-electron chi connectivity index (χ0n) is 8.91. The largest absolute Gasteiger partial charge is 0.248 e. The number of aromatic nitrogens is 3. The Labute approximate surface area is 118 Å². The third-order valence-corrected chi connectivity index (χ3v) is 3.28. The van der Waals surface area contributed by atoms with Gasteiger partial charge in [0, 0.05) is 28.0 Å². The molecular formula is C11H10BrCl2N3. The minimum absolute atomic E-state index is 0.578. The van der Waals surface area contributed by atoms with E-state index in [2.05, 4.69) is 26.2 Å². The number of rotatable bonds is 4. The molecule has 0 fully saturated rings. The number of benzene rings is 1. The molecule has 0 aliphatic heterocycles. The first-order valence-corrected chi connectivity index (χ1v) is 6.95. The van der Waals surface area contributed by atoms with Crippen LogP contribution < -0.4 is 0 Å². The number of hydrogen-bond donors (Lipinski definition) is 0. The molecule has 0 amide bonds. The molecular weight excluding hydrogens is 325 g/mol. The van der Waals surface area contributed by atoms with Crippen LogP contribution >= 0.6 is 39.1 Å². The van der Waals surface area contributed by atoms with Gasteiger partial charge in [0.15, 0.2) is 0 Å². The maximum absolute atomic E-state index is 6.09. The monoisotopic (exact) mass is 333 g/mol. The number of alkyl halides is 1. The van der Waals surface area contributed by atoms with Gasteiger partial charge >= 0.3 is 0 Å². The maximum atomic E-state index is 6.09. The lowest BCUT2D eigenvalue weighted by Crippen LogP contribution is -2.01. The highest BCUT2D eigenvalue weighted by molar-refractivity contribution is 9.09. The molecule has 0 unspecified atom stereocenters. The normalized spacial score (nSPS) is 10.8. The molecule has 1 aromatic carbocycles. The van der Waals surface area contributed by atoms with Crippen molar-refractivity contribution in [3.63, 3.8) is 0 Å². The summed E-state index contributed by atoms with van der Waals surface area (Å²) < 4.78 is 1.76. The van der Waals surface area contributed by atoms with E-state index in [0.717, 1.165) is 23.0 Å². The van der Waals surface area contributed by atoms with Gasteiger partial charge in [0.05, 0.1) is 12.2 Å². The van der Waals surface area contributed by atoms with Crippen LogP contribution in [0, 0.1) is 0 Å². The molecule has 0 N–H and O–H groups in total. The van der Waals surface area contributed by atoms with Crippen molar-refractivity contribution in [2.24, 2.45) is 0 Å². The summed E-state index contributed by atoms with van der Waals surface area (Å²) in [4.78, 5) is 0. The van der Waals surface area contributed by atoms with Crippen molar-refractivity contribution >= 4 is 39.1 Å². The van der Waals surface area contributed by atoms with Crippen molar-refractivity contribution in [2.45, 2.75) is 13.0 Å². The van der Waals surface area contributed by atoms with Gasteiger partial charge < -0.3 is 0 Å². The zero-order chi connectivity index (χ0) is 12.3. The van der Waals surface area contributed by atoms with Gasteiger partial charge in [0.1, 0.15) is 0 Å². The molecule has 1 heterocycles. The number of hydrogen-bond acceptors (Lipinski definition) is 2. The van der Waals surface area contributed by atoms with Gasteiger partial charge in [-0.3, -0.25) is 0 Å². The molecule has 0 saturated carbocycles. The molecule has 6 heteroatoms. The van der Waals surface area contributed by atoms with Crippen molar-refractivity contribution in [1.82, 2.24) is 15.0 Å². The van der Waals surface area contributed by atoms with Crippen LogP contribution in [0.15, 0.2) is 24.4 Å². The fraction of sp³-hybridized carbons (Fsp3) is 0.273. The summed E-state index contributed by atoms with van der Waals surface area (Å²) in [5.41, 5.74) is 1.90. The second-order valence-corrected chi connectivity index (χ2v) is 5.22. The molecule has 0 aliphatic carbocycles. The van der Waals surface area contributed by atoms with Crippen LogP contribution in [0.2, 0.25) is 10.0 Å². The van der Waals surface area contributed by atoms with Gasteiger partial charge in [0.2, 0.25) is 0 Å². The standard InChI is InChI=1S/C11H10BrCl2N3/c12-4-3-10-7-17(16-15-10)6-8-5-9(13)1-2-11(8)14/h1-2,5,7H,3-4,6H2. The van der Waals surface area contributed by atoms with Crippen LogP contribution in [0.4, 0.5) is 0 Å². The predicted molar refractivity (Wildman–Crippen MR) is 73.1 cm³/mol. The van der Waals surface area contributed by atoms with Gasteiger partial charge in [-0.2, -0.15) is 0 Å². The number of aryl methyl sites for hydroxylation is 1. The van der Waals surface area contributed by atoms with Crippen molar-refractivity contribution in [3.05, 3.63) is 45.7 Å². The topological polar surface area (TPSA) is 30.7 Å². The second-order valence-electron chi connectivity index (χ2n) is 3.58. The highest BCUT2D eigenvalue weighted by Crippen LogP contribution is 2.21. The fourth-order valence-electron chi connectivity index (χ4n) is 1.47. The summed E-state index contributed by atoms with van der Waals surface area (Å²) in [5.74, 6) is 0. The van der Waals surface area contributed by atoms with Gasteiger partial charge in [-0.1, -0.05) is 44.3 Å². The molecule has 90 valence electrons. The summed E-state index contributed by atoms with van der Waals surface area (Å²) >= 11 is 15.4. The minimum atomic E-state index is 0.578. The molecule has 3 nitrogen and oxygen atoms in total. The Kier molecular flexibility index (Phi) is 4.42. The molecule has 1 aromatic heterocycles. The quantitative estimate of drug-likeness (QED) is 0.800. The van der Waals surface area contributed by atoms with Crippen LogP contribution in [0.5, 0.6) is 0 Å². The fourth-order valence-corrected chi connectivity index (χ4v) is 2.24. The van der Waals surface area contributed by atoms with E-state index in [-0.39, 0.29) is 0 Å². The first-order chi connectivity index (χ1) is 8.19. The Morgan fingerprint density at radius 3 is 2.88 bits per heavy atom. The lowest BCUT2D eigenvalue weighted by atomic mass is 10.2. The number of halogens is 3. The molecule has 0 spiro atoms. The first-order valence-electron chi connectivity index (χ1n) is 5.08. The van der Waals surface area contributed by atoms with E-state index in [1.54, 1.807) is 16.8 Å². The maximum Gasteiger partial charge on any atom is 0.0835 e. The average Bonchev–Trinajstić information content (AvgIpc) is 2.72. The second kappa shape index (κ2) is 5.85. The van der Waals surface area contributed by atoms with E-state index in [4.69, 9.17) is 23.2 Å². The highest BCUT2D eigenvalue weighted by atomic mass is 79.9. The lowest BCUT2D eigenvalue weighted by molar-refractivity contribution is 0.649. The lowest BCUT2D eigenvalue weighted by Gasteiger charge is -2.04. The summed E-state index contributed by atoms with van der Waals surface area (Å²) in [6, 6.07) is 5.40. The Bertz CT molecular complexity index is 513. The van der Waals surface area contributed by atoms with Crippen LogP contribution in [0.25, 0.3) is 0 Å². The van der Waals surface area contributed by atoms with E-state index in [1.165, 1.54) is 0 Å². The molecule has 0 bridgehead atoms. The summed E-state index contributed by atoms with van der Waals surface area (Å²) in [6.07, 6.45) is 2.78. The summed E-state index contributed by atoms with van der Waals surface area (Å²) in [7, 11) is 0. The van der Waals surface area contributed by atoms with E-state index < -0.39 is 0 Å². The molecule has 17 heavy (non-hydrogen) atoms. The van der Waals surface area contributed by atoms with Gasteiger partial charge in [-0.05, 0) is 23.8 Å². The number of nitrogens with zero attached hydrogens (tertiary/aromatic N) is 3. The summed E-state index contributed by atoms with van der Waals surface area (Å²) in [6.45, 7) is 0.578. The Hall–Kier alpha value is -0.580. The van der Waals surface area contributed by atoms with Gasteiger partial charge in [0.25, 0.3) is 0 Å². The zero-order valence-corrected chi connectivity index (χ0v) is 12.0. The Morgan fingerprint density at radius 2 is 2.12 bits per heavy atom. The average molecular weight is 335 g/mol. The Morgan fingerprint density at radius 1 is 1.29 bits per heavy atom. The third kappa shape index (κ3) is 3.44. The van der Waals surface area contributed by atoms with Crippen molar-refractivity contribution in [3.8, 4) is 0 Å². The van der Waals surface area contributed by atoms with E-state index in [9.17, 15) is 0 Å². The molecule has 0 aliphatic rings. The highest BCUT2D eigenvalue weighted by Gasteiger charge is 2.05. The van der Waals surface area contributed by atoms with E-state index in [0.29, 0.717) is 16.6 Å². The van der Waals surface area contributed by atoms with Crippen LogP contribution in [0.3, 0.4) is 0 Å². The predicted octanol–water partition coefficient (Wildman–Crippen LogP) is 3.57. The van der Waals surface area contributed by atoms with Gasteiger partial charge in [-0.25, -0.2) is 4.68 Å². The molecule has 2 aromatic rings. The SMILES string of the molecule is Clc1ccc(Cl)c(Cn2cc(CCBr)nn2)c1. The molecule has 0 radical (unpaired) electrons.